The van der Waals surface area contributed by atoms with E-state index in [4.69, 9.17) is 21.7 Å². The van der Waals surface area contributed by atoms with Gasteiger partial charge in [-0.25, -0.2) is 0 Å². The summed E-state index contributed by atoms with van der Waals surface area (Å²) in [4.78, 5) is 7.76. The van der Waals surface area contributed by atoms with Crippen LogP contribution in [0.25, 0.3) is 16.3 Å². The normalized spacial score (nSPS) is 16.4. The van der Waals surface area contributed by atoms with E-state index in [9.17, 15) is 0 Å². The summed E-state index contributed by atoms with van der Waals surface area (Å²) in [6.45, 7) is 4.21. The molecule has 3 heterocycles. The van der Waals surface area contributed by atoms with E-state index < -0.39 is 0 Å². The highest BCUT2D eigenvalue weighted by Gasteiger charge is 2.34. The molecule has 160 valence electrons. The van der Waals surface area contributed by atoms with Crippen LogP contribution >= 0.6 is 23.6 Å². The number of benzene rings is 2. The monoisotopic (exact) mass is 458 g/mol. The zero-order chi connectivity index (χ0) is 22.1. The number of hydrogen-bond acceptors (Lipinski definition) is 5. The van der Waals surface area contributed by atoms with Crippen molar-refractivity contribution in [1.82, 2.24) is 15.5 Å². The van der Waals surface area contributed by atoms with Crippen LogP contribution in [0, 0.1) is 0 Å². The van der Waals surface area contributed by atoms with Crippen molar-refractivity contribution >= 4 is 39.9 Å². The van der Waals surface area contributed by atoms with Crippen LogP contribution < -0.4 is 10.2 Å². The van der Waals surface area contributed by atoms with Crippen molar-refractivity contribution in [3.8, 4) is 10.7 Å². The molecule has 1 unspecified atom stereocenters. The minimum atomic E-state index is -0.188. The van der Waals surface area contributed by atoms with Crippen LogP contribution in [-0.2, 0) is 6.42 Å². The molecule has 1 aliphatic heterocycles. The number of anilines is 1. The van der Waals surface area contributed by atoms with Gasteiger partial charge < -0.3 is 9.84 Å². The zero-order valence-corrected chi connectivity index (χ0v) is 19.4. The molecule has 0 fully saturated rings. The van der Waals surface area contributed by atoms with E-state index in [1.165, 1.54) is 5.56 Å². The Hall–Kier alpha value is -3.29. The van der Waals surface area contributed by atoms with Gasteiger partial charge in [-0.2, -0.15) is 4.98 Å². The smallest absolute Gasteiger partial charge is 0.258 e. The van der Waals surface area contributed by atoms with Gasteiger partial charge in [-0.05, 0) is 60.3 Å². The van der Waals surface area contributed by atoms with Gasteiger partial charge in [0.25, 0.3) is 5.89 Å². The summed E-state index contributed by atoms with van der Waals surface area (Å²) in [5.74, 6) is 1.08. The molecule has 0 radical (unpaired) electrons. The van der Waals surface area contributed by atoms with E-state index in [1.807, 2.05) is 40.6 Å². The Morgan fingerprint density at radius 2 is 1.84 bits per heavy atom. The lowest BCUT2D eigenvalue weighted by molar-refractivity contribution is 0.404. The first-order valence-electron chi connectivity index (χ1n) is 10.5. The van der Waals surface area contributed by atoms with Crippen molar-refractivity contribution in [2.45, 2.75) is 26.3 Å². The molecule has 5 nitrogen and oxygen atoms in total. The van der Waals surface area contributed by atoms with Gasteiger partial charge in [-0.1, -0.05) is 60.6 Å². The van der Waals surface area contributed by atoms with Crippen molar-refractivity contribution in [2.24, 2.45) is 0 Å². The average molecular weight is 459 g/mol. The molecule has 32 heavy (non-hydrogen) atoms. The van der Waals surface area contributed by atoms with Gasteiger partial charge in [-0.3, -0.25) is 4.90 Å². The molecule has 1 aliphatic rings. The fraction of sp³-hybridized carbons (Fsp3) is 0.160. The third-order valence-corrected chi connectivity index (χ3v) is 6.78. The zero-order valence-electron chi connectivity index (χ0n) is 17.8. The summed E-state index contributed by atoms with van der Waals surface area (Å²) in [5, 5.41) is 10.4. The minimum Gasteiger partial charge on any atom is -0.351 e. The van der Waals surface area contributed by atoms with Crippen molar-refractivity contribution in [2.75, 3.05) is 4.90 Å². The highest BCUT2D eigenvalue weighted by Crippen LogP contribution is 2.39. The SMILES string of the molecule is CCc1ccc(N2C(=S)NC(c3ccccc3)C(c3nc(-c4cccs4)no3)=C2C)cc1. The first-order chi connectivity index (χ1) is 15.7. The summed E-state index contributed by atoms with van der Waals surface area (Å²) in [6, 6.07) is 22.5. The molecule has 0 bridgehead atoms. The third-order valence-electron chi connectivity index (χ3n) is 5.62. The van der Waals surface area contributed by atoms with Crippen LogP contribution in [0.15, 0.2) is 82.3 Å². The minimum absolute atomic E-state index is 0.188. The first kappa shape index (κ1) is 20.6. The number of nitrogens with one attached hydrogen (secondary N) is 1. The second-order valence-electron chi connectivity index (χ2n) is 7.55. The van der Waals surface area contributed by atoms with E-state index in [0.29, 0.717) is 16.8 Å². The Kier molecular flexibility index (Phi) is 5.59. The number of aryl methyl sites for hydroxylation is 1. The van der Waals surface area contributed by atoms with Gasteiger partial charge in [0.2, 0.25) is 5.82 Å². The Balaban J connectivity index is 1.64. The van der Waals surface area contributed by atoms with Crippen LogP contribution in [0.2, 0.25) is 0 Å². The maximum atomic E-state index is 5.81. The second kappa shape index (κ2) is 8.68. The lowest BCUT2D eigenvalue weighted by atomic mass is 9.94. The standard InChI is InChI=1S/C25H22N4OS2/c1-3-17-11-13-19(14-12-17)29-16(2)21(22(26-25(29)31)18-8-5-4-6-9-18)24-27-23(28-30-24)20-10-7-15-32-20/h4-15,22H,3H2,1-2H3,(H,26,31). The van der Waals surface area contributed by atoms with Crippen molar-refractivity contribution in [1.29, 1.82) is 0 Å². The van der Waals surface area contributed by atoms with Crippen LogP contribution in [0.3, 0.4) is 0 Å². The van der Waals surface area contributed by atoms with Gasteiger partial charge >= 0.3 is 0 Å². The summed E-state index contributed by atoms with van der Waals surface area (Å²) >= 11 is 7.40. The quantitative estimate of drug-likeness (QED) is 0.358. The molecule has 0 saturated heterocycles. The first-order valence-corrected chi connectivity index (χ1v) is 11.8. The lowest BCUT2D eigenvalue weighted by Gasteiger charge is -2.37. The number of rotatable bonds is 5. The lowest BCUT2D eigenvalue weighted by Crippen LogP contribution is -2.46. The number of nitrogens with zero attached hydrogens (tertiary/aromatic N) is 3. The van der Waals surface area contributed by atoms with Gasteiger partial charge in [0, 0.05) is 11.4 Å². The molecule has 5 rings (SSSR count). The molecule has 0 amide bonds. The summed E-state index contributed by atoms with van der Waals surface area (Å²) in [5.41, 5.74) is 5.25. The molecule has 2 aromatic carbocycles. The maximum Gasteiger partial charge on any atom is 0.258 e. The number of thiocarbonyl (C=S) groups is 1. The maximum absolute atomic E-state index is 5.81. The summed E-state index contributed by atoms with van der Waals surface area (Å²) < 4.78 is 5.78. The van der Waals surface area contributed by atoms with E-state index in [2.05, 4.69) is 60.7 Å². The molecule has 7 heteroatoms. The fourth-order valence-electron chi connectivity index (χ4n) is 3.95. The van der Waals surface area contributed by atoms with Crippen molar-refractivity contribution in [3.63, 3.8) is 0 Å². The molecule has 1 N–H and O–H groups in total. The van der Waals surface area contributed by atoms with Crippen LogP contribution in [0.4, 0.5) is 5.69 Å². The molecule has 2 aromatic heterocycles. The topological polar surface area (TPSA) is 54.2 Å². The third kappa shape index (κ3) is 3.74. The molecule has 0 saturated carbocycles. The fourth-order valence-corrected chi connectivity index (χ4v) is 4.96. The number of aromatic nitrogens is 2. The predicted molar refractivity (Wildman–Crippen MR) is 133 cm³/mol. The summed E-state index contributed by atoms with van der Waals surface area (Å²) in [6.07, 6.45) is 0.993. The van der Waals surface area contributed by atoms with Crippen LogP contribution in [0.5, 0.6) is 0 Å². The van der Waals surface area contributed by atoms with E-state index >= 15 is 0 Å². The van der Waals surface area contributed by atoms with Crippen molar-refractivity contribution in [3.05, 3.63) is 94.8 Å². The molecular formula is C25H22N4OS2. The second-order valence-corrected chi connectivity index (χ2v) is 8.88. The number of allylic oxidation sites excluding steroid dienone is 1. The van der Waals surface area contributed by atoms with Gasteiger partial charge in [-0.15, -0.1) is 11.3 Å². The van der Waals surface area contributed by atoms with E-state index in [-0.39, 0.29) is 6.04 Å². The Morgan fingerprint density at radius 3 is 2.53 bits per heavy atom. The molecule has 1 atom stereocenters. The predicted octanol–water partition coefficient (Wildman–Crippen LogP) is 6.23. The summed E-state index contributed by atoms with van der Waals surface area (Å²) in [7, 11) is 0. The van der Waals surface area contributed by atoms with Gasteiger partial charge in [0.1, 0.15) is 0 Å². The molecular weight excluding hydrogens is 436 g/mol. The van der Waals surface area contributed by atoms with Crippen LogP contribution in [-0.4, -0.2) is 15.3 Å². The Labute approximate surface area is 196 Å². The number of hydrogen-bond donors (Lipinski definition) is 1. The number of thiophene rings is 1. The highest BCUT2D eigenvalue weighted by molar-refractivity contribution is 7.80. The van der Waals surface area contributed by atoms with E-state index in [1.54, 1.807) is 11.3 Å². The van der Waals surface area contributed by atoms with E-state index in [0.717, 1.165) is 33.8 Å². The average Bonchev–Trinajstić information content (AvgIpc) is 3.52. The van der Waals surface area contributed by atoms with Gasteiger partial charge in [0.05, 0.1) is 16.5 Å². The highest BCUT2D eigenvalue weighted by atomic mass is 32.1. The molecule has 0 spiro atoms. The molecule has 4 aromatic rings. The Bertz CT molecular complexity index is 1260. The van der Waals surface area contributed by atoms with Gasteiger partial charge in [0.15, 0.2) is 5.11 Å². The Morgan fingerprint density at radius 1 is 1.06 bits per heavy atom. The van der Waals surface area contributed by atoms with Crippen LogP contribution in [0.1, 0.15) is 36.9 Å². The largest absolute Gasteiger partial charge is 0.351 e. The van der Waals surface area contributed by atoms with Crippen molar-refractivity contribution < 1.29 is 4.52 Å². The molecule has 0 aliphatic carbocycles.